The lowest BCUT2D eigenvalue weighted by Gasteiger charge is -2.51. The van der Waals surface area contributed by atoms with Gasteiger partial charge in [-0.15, -0.1) is 0 Å². The molecule has 1 saturated heterocycles. The molecule has 194 valence electrons. The third-order valence-corrected chi connectivity index (χ3v) is 7.37. The van der Waals surface area contributed by atoms with Gasteiger partial charge in [0.15, 0.2) is 0 Å². The van der Waals surface area contributed by atoms with Crippen molar-refractivity contribution in [1.82, 2.24) is 4.90 Å². The molecule has 3 nitrogen and oxygen atoms in total. The molecule has 0 amide bonds. The van der Waals surface area contributed by atoms with Crippen molar-refractivity contribution in [2.24, 2.45) is 11.7 Å². The third kappa shape index (κ3) is 8.88. The molecule has 1 fully saturated rings. The van der Waals surface area contributed by atoms with Crippen LogP contribution in [0.15, 0.2) is 54.6 Å². The topological polar surface area (TPSA) is 38.5 Å². The van der Waals surface area contributed by atoms with Gasteiger partial charge in [0.1, 0.15) is 5.75 Å². The Hall–Kier alpha value is -1.98. The summed E-state index contributed by atoms with van der Waals surface area (Å²) >= 11 is 0. The van der Waals surface area contributed by atoms with Crippen LogP contribution in [0.3, 0.4) is 0 Å². The van der Waals surface area contributed by atoms with E-state index in [1.807, 2.05) is 35.2 Å². The SMILES string of the molecule is CCCCCCCCC(CN)CCOc1cccc(C2(Cc3ccccc3)CN(CC(F)F)C2)c1. The number of halogens is 2. The summed E-state index contributed by atoms with van der Waals surface area (Å²) in [5.74, 6) is 1.36. The van der Waals surface area contributed by atoms with Gasteiger partial charge < -0.3 is 10.5 Å². The second kappa shape index (κ2) is 14.5. The van der Waals surface area contributed by atoms with E-state index < -0.39 is 6.43 Å². The summed E-state index contributed by atoms with van der Waals surface area (Å²) in [4.78, 5) is 1.86. The molecule has 1 aliphatic rings. The Labute approximate surface area is 211 Å². The largest absolute Gasteiger partial charge is 0.494 e. The number of alkyl halides is 2. The molecular formula is C30H44F2N2O. The lowest BCUT2D eigenvalue weighted by molar-refractivity contribution is 0.00610. The lowest BCUT2D eigenvalue weighted by Crippen LogP contribution is -2.61. The number of nitrogens with zero attached hydrogens (tertiary/aromatic N) is 1. The highest BCUT2D eigenvalue weighted by molar-refractivity contribution is 5.38. The molecule has 1 atom stereocenters. The van der Waals surface area contributed by atoms with Crippen LogP contribution in [0.2, 0.25) is 0 Å². The molecule has 35 heavy (non-hydrogen) atoms. The van der Waals surface area contributed by atoms with Gasteiger partial charge in [0.2, 0.25) is 0 Å². The fourth-order valence-electron chi connectivity index (χ4n) is 5.37. The first kappa shape index (κ1) is 27.6. The molecule has 5 heteroatoms. The average molecular weight is 487 g/mol. The molecule has 0 bridgehead atoms. The van der Waals surface area contributed by atoms with E-state index in [1.54, 1.807) is 0 Å². The maximum atomic E-state index is 13.0. The molecule has 0 saturated carbocycles. The highest BCUT2D eigenvalue weighted by Crippen LogP contribution is 2.39. The molecular weight excluding hydrogens is 442 g/mol. The first-order valence-electron chi connectivity index (χ1n) is 13.5. The van der Waals surface area contributed by atoms with Crippen LogP contribution in [0.4, 0.5) is 8.78 Å². The second-order valence-electron chi connectivity index (χ2n) is 10.3. The van der Waals surface area contributed by atoms with E-state index in [0.717, 1.165) is 18.6 Å². The normalized spacial score (nSPS) is 16.3. The number of hydrogen-bond donors (Lipinski definition) is 1. The van der Waals surface area contributed by atoms with Crippen molar-refractivity contribution in [3.63, 3.8) is 0 Å². The molecule has 0 aliphatic carbocycles. The fourth-order valence-corrected chi connectivity index (χ4v) is 5.37. The van der Waals surface area contributed by atoms with E-state index in [9.17, 15) is 8.78 Å². The number of ether oxygens (including phenoxy) is 1. The average Bonchev–Trinajstić information content (AvgIpc) is 2.84. The van der Waals surface area contributed by atoms with Crippen molar-refractivity contribution in [3.05, 3.63) is 65.7 Å². The summed E-state index contributed by atoms with van der Waals surface area (Å²) in [6.07, 6.45) is 8.51. The van der Waals surface area contributed by atoms with Gasteiger partial charge in [0.05, 0.1) is 13.2 Å². The van der Waals surface area contributed by atoms with Gasteiger partial charge in [-0.25, -0.2) is 8.78 Å². The summed E-state index contributed by atoms with van der Waals surface area (Å²) in [7, 11) is 0. The number of benzene rings is 2. The molecule has 0 aromatic heterocycles. The van der Waals surface area contributed by atoms with Gasteiger partial charge in [-0.2, -0.15) is 0 Å². The minimum absolute atomic E-state index is 0.160. The molecule has 1 unspecified atom stereocenters. The molecule has 3 rings (SSSR count). The van der Waals surface area contributed by atoms with Gasteiger partial charge in [-0.05, 0) is 55.0 Å². The highest BCUT2D eigenvalue weighted by atomic mass is 19.3. The van der Waals surface area contributed by atoms with E-state index in [2.05, 4.69) is 31.2 Å². The Bertz CT molecular complexity index is 839. The number of unbranched alkanes of at least 4 members (excludes halogenated alkanes) is 5. The first-order chi connectivity index (χ1) is 17.0. The third-order valence-electron chi connectivity index (χ3n) is 7.37. The van der Waals surface area contributed by atoms with Crippen LogP contribution < -0.4 is 10.5 Å². The molecule has 2 N–H and O–H groups in total. The minimum Gasteiger partial charge on any atom is -0.494 e. The van der Waals surface area contributed by atoms with E-state index in [1.165, 1.54) is 56.1 Å². The molecule has 1 aliphatic heterocycles. The van der Waals surface area contributed by atoms with Crippen LogP contribution in [0, 0.1) is 5.92 Å². The summed E-state index contributed by atoms with van der Waals surface area (Å²) < 4.78 is 32.1. The zero-order chi connectivity index (χ0) is 24.9. The van der Waals surface area contributed by atoms with Gasteiger partial charge in [-0.1, -0.05) is 87.9 Å². The summed E-state index contributed by atoms with van der Waals surface area (Å²) in [5, 5.41) is 0. The Morgan fingerprint density at radius 1 is 0.943 bits per heavy atom. The number of likely N-dealkylation sites (tertiary alicyclic amines) is 1. The van der Waals surface area contributed by atoms with Crippen molar-refractivity contribution in [2.45, 2.75) is 76.6 Å². The van der Waals surface area contributed by atoms with E-state index in [4.69, 9.17) is 10.5 Å². The second-order valence-corrected chi connectivity index (χ2v) is 10.3. The Balaban J connectivity index is 1.54. The maximum absolute atomic E-state index is 13.0. The number of rotatable bonds is 17. The van der Waals surface area contributed by atoms with Crippen LogP contribution in [0.5, 0.6) is 5.75 Å². The van der Waals surface area contributed by atoms with E-state index >= 15 is 0 Å². The highest BCUT2D eigenvalue weighted by Gasteiger charge is 2.45. The summed E-state index contributed by atoms with van der Waals surface area (Å²) in [6, 6.07) is 18.6. The lowest BCUT2D eigenvalue weighted by atomic mass is 9.69. The van der Waals surface area contributed by atoms with Crippen molar-refractivity contribution in [3.8, 4) is 5.75 Å². The van der Waals surface area contributed by atoms with Gasteiger partial charge in [0.25, 0.3) is 6.43 Å². The first-order valence-corrected chi connectivity index (χ1v) is 13.5. The van der Waals surface area contributed by atoms with E-state index in [0.29, 0.717) is 32.2 Å². The van der Waals surface area contributed by atoms with Gasteiger partial charge in [-0.3, -0.25) is 4.90 Å². The minimum atomic E-state index is -2.30. The molecule has 1 heterocycles. The quantitative estimate of drug-likeness (QED) is 0.249. The van der Waals surface area contributed by atoms with Crippen LogP contribution in [0.1, 0.15) is 69.4 Å². The molecule has 2 aromatic rings. The molecule has 2 aromatic carbocycles. The summed E-state index contributed by atoms with van der Waals surface area (Å²) in [6.45, 7) is 4.73. The van der Waals surface area contributed by atoms with Crippen LogP contribution in [0.25, 0.3) is 0 Å². The number of hydrogen-bond acceptors (Lipinski definition) is 3. The predicted octanol–water partition coefficient (Wildman–Crippen LogP) is 6.84. The van der Waals surface area contributed by atoms with E-state index in [-0.39, 0.29) is 12.0 Å². The zero-order valence-corrected chi connectivity index (χ0v) is 21.4. The number of nitrogens with two attached hydrogens (primary N) is 1. The predicted molar refractivity (Wildman–Crippen MR) is 141 cm³/mol. The zero-order valence-electron chi connectivity index (χ0n) is 21.4. The van der Waals surface area contributed by atoms with Gasteiger partial charge >= 0.3 is 0 Å². The smallest absolute Gasteiger partial charge is 0.251 e. The van der Waals surface area contributed by atoms with Crippen molar-refractivity contribution < 1.29 is 13.5 Å². The van der Waals surface area contributed by atoms with Crippen LogP contribution in [-0.2, 0) is 11.8 Å². The van der Waals surface area contributed by atoms with Crippen molar-refractivity contribution >= 4 is 0 Å². The van der Waals surface area contributed by atoms with Crippen LogP contribution in [-0.4, -0.2) is 44.1 Å². The standard InChI is InChI=1S/C30H44F2N2O/c1-2-3-4-5-6-8-14-26(21-33)17-18-35-28-16-11-15-27(19-28)30(20-25-12-9-7-10-13-25)23-34(24-30)22-29(31)32/h7,9-13,15-16,19,26,29H,2-6,8,14,17-18,20-24,33H2,1H3. The Kier molecular flexibility index (Phi) is 11.5. The van der Waals surface area contributed by atoms with Crippen molar-refractivity contribution in [2.75, 3.05) is 32.8 Å². The maximum Gasteiger partial charge on any atom is 0.251 e. The summed E-state index contributed by atoms with van der Waals surface area (Å²) in [5.41, 5.74) is 8.27. The Morgan fingerprint density at radius 2 is 1.69 bits per heavy atom. The van der Waals surface area contributed by atoms with Crippen molar-refractivity contribution in [1.29, 1.82) is 0 Å². The molecule has 0 spiro atoms. The van der Waals surface area contributed by atoms with Gasteiger partial charge in [0, 0.05) is 18.5 Å². The Morgan fingerprint density at radius 3 is 2.40 bits per heavy atom. The monoisotopic (exact) mass is 486 g/mol. The van der Waals surface area contributed by atoms with Crippen LogP contribution >= 0.6 is 0 Å². The fraction of sp³-hybridized carbons (Fsp3) is 0.600. The molecule has 0 radical (unpaired) electrons.